The molecule has 0 aromatic heterocycles. The lowest BCUT2D eigenvalue weighted by Crippen LogP contribution is -2.31. The number of sulfonamides is 1. The predicted octanol–water partition coefficient (Wildman–Crippen LogP) is -0.147. The Morgan fingerprint density at radius 3 is 2.33 bits per heavy atom. The van der Waals surface area contributed by atoms with E-state index in [0.29, 0.717) is 11.3 Å². The Balaban J connectivity index is 3.07. The fourth-order valence-electron chi connectivity index (χ4n) is 1.63. The molecule has 0 aliphatic rings. The summed E-state index contributed by atoms with van der Waals surface area (Å²) in [7, 11) is -4.34. The molecule has 0 spiro atoms. The summed E-state index contributed by atoms with van der Waals surface area (Å²) in [6, 6.07) is 4.11. The highest BCUT2D eigenvalue weighted by atomic mass is 32.2. The van der Waals surface area contributed by atoms with Crippen LogP contribution in [0, 0.1) is 0 Å². The minimum Gasteiger partial charge on any atom is -0.496 e. The van der Waals surface area contributed by atoms with Gasteiger partial charge in [0, 0.05) is 25.4 Å². The smallest absolute Gasteiger partial charge is 0.242 e. The number of benzene rings is 1. The fourth-order valence-corrected chi connectivity index (χ4v) is 3.58. The van der Waals surface area contributed by atoms with E-state index in [-0.39, 0.29) is 23.8 Å². The lowest BCUT2D eigenvalue weighted by atomic mass is 10.2. The molecule has 0 radical (unpaired) electrons. The molecule has 0 aliphatic carbocycles. The molecule has 0 heterocycles. The number of hydrogen-bond acceptors (Lipinski definition) is 6. The Labute approximate surface area is 125 Å². The van der Waals surface area contributed by atoms with Crippen LogP contribution in [0.3, 0.4) is 0 Å². The summed E-state index contributed by atoms with van der Waals surface area (Å²) in [5.74, 6) is 0.126. The Morgan fingerprint density at radius 2 is 1.86 bits per heavy atom. The summed E-state index contributed by atoms with van der Waals surface area (Å²) in [6.07, 6.45) is 1.05. The number of ether oxygens (including phenoxy) is 1. The summed E-state index contributed by atoms with van der Waals surface area (Å²) in [5, 5.41) is 9.22. The van der Waals surface area contributed by atoms with Crippen LogP contribution in [0.25, 0.3) is 0 Å². The van der Waals surface area contributed by atoms with E-state index in [1.807, 2.05) is 0 Å². The van der Waals surface area contributed by atoms with Crippen LogP contribution in [0.15, 0.2) is 23.1 Å². The van der Waals surface area contributed by atoms with Gasteiger partial charge in [-0.15, -0.1) is 0 Å². The van der Waals surface area contributed by atoms with Gasteiger partial charge in [0.05, 0.1) is 24.4 Å². The largest absolute Gasteiger partial charge is 0.496 e. The van der Waals surface area contributed by atoms with Crippen LogP contribution in [-0.2, 0) is 26.5 Å². The van der Waals surface area contributed by atoms with Crippen LogP contribution >= 0.6 is 0 Å². The zero-order valence-electron chi connectivity index (χ0n) is 12.1. The van der Waals surface area contributed by atoms with Crippen LogP contribution < -0.4 is 4.74 Å². The normalized spacial score (nSPS) is 12.6. The van der Waals surface area contributed by atoms with E-state index in [9.17, 15) is 21.9 Å². The van der Waals surface area contributed by atoms with Gasteiger partial charge in [-0.2, -0.15) is 4.31 Å². The zero-order chi connectivity index (χ0) is 16.3. The highest BCUT2D eigenvalue weighted by Gasteiger charge is 2.22. The van der Waals surface area contributed by atoms with Gasteiger partial charge in [0.2, 0.25) is 10.0 Å². The van der Waals surface area contributed by atoms with Crippen molar-refractivity contribution in [1.82, 2.24) is 4.31 Å². The van der Waals surface area contributed by atoms with Crippen molar-refractivity contribution >= 4 is 19.9 Å². The van der Waals surface area contributed by atoms with Gasteiger partial charge in [0.1, 0.15) is 15.6 Å². The molecule has 0 bridgehead atoms. The van der Waals surface area contributed by atoms with Crippen molar-refractivity contribution in [3.63, 3.8) is 0 Å². The van der Waals surface area contributed by atoms with E-state index in [0.717, 1.165) is 10.6 Å². The SMILES string of the molecule is COc1ccc(S(=O)(=O)N(C)CCS(C)(=O)=O)cc1CO. The molecule has 9 heteroatoms. The Hall–Kier alpha value is -1.16. The molecule has 21 heavy (non-hydrogen) atoms. The molecule has 1 N–H and O–H groups in total. The molecule has 1 aromatic rings. The molecule has 1 aromatic carbocycles. The maximum Gasteiger partial charge on any atom is 0.242 e. The van der Waals surface area contributed by atoms with Gasteiger partial charge in [-0.3, -0.25) is 0 Å². The Morgan fingerprint density at radius 1 is 1.24 bits per heavy atom. The molecule has 0 saturated carbocycles. The van der Waals surface area contributed by atoms with Gasteiger partial charge in [0.15, 0.2) is 0 Å². The zero-order valence-corrected chi connectivity index (χ0v) is 13.7. The average molecular weight is 337 g/mol. The summed E-state index contributed by atoms with van der Waals surface area (Å²) in [6.45, 7) is -0.499. The standard InChI is InChI=1S/C12H19NO6S2/c1-13(6-7-20(3,15)16)21(17,18)11-4-5-12(19-2)10(8-11)9-14/h4-5,8,14H,6-7,9H2,1-3H3. The van der Waals surface area contributed by atoms with Crippen molar-refractivity contribution in [2.75, 3.05) is 32.7 Å². The topological polar surface area (TPSA) is 101 Å². The molecule has 1 rings (SSSR count). The maximum absolute atomic E-state index is 12.3. The Bertz CT molecular complexity index is 696. The minimum absolute atomic E-state index is 0.0247. The average Bonchev–Trinajstić information content (AvgIpc) is 2.42. The van der Waals surface area contributed by atoms with Crippen LogP contribution in [0.5, 0.6) is 5.75 Å². The number of aliphatic hydroxyl groups excluding tert-OH is 1. The van der Waals surface area contributed by atoms with Gasteiger partial charge < -0.3 is 9.84 Å². The number of methoxy groups -OCH3 is 1. The molecule has 0 saturated heterocycles. The third-order valence-corrected chi connectivity index (χ3v) is 5.68. The van der Waals surface area contributed by atoms with E-state index in [4.69, 9.17) is 4.74 Å². The quantitative estimate of drug-likeness (QED) is 0.743. The predicted molar refractivity (Wildman–Crippen MR) is 78.4 cm³/mol. The molecule has 0 aliphatic heterocycles. The van der Waals surface area contributed by atoms with Gasteiger partial charge >= 0.3 is 0 Å². The molecular weight excluding hydrogens is 318 g/mol. The van der Waals surface area contributed by atoms with Crippen LogP contribution in [0.1, 0.15) is 5.56 Å². The second-order valence-electron chi connectivity index (χ2n) is 4.59. The summed E-state index contributed by atoms with van der Waals surface area (Å²) >= 11 is 0. The summed E-state index contributed by atoms with van der Waals surface area (Å²) in [4.78, 5) is -0.0247. The number of hydrogen-bond donors (Lipinski definition) is 1. The van der Waals surface area contributed by atoms with Gasteiger partial charge in [-0.1, -0.05) is 0 Å². The second-order valence-corrected chi connectivity index (χ2v) is 8.89. The lowest BCUT2D eigenvalue weighted by Gasteiger charge is -2.17. The first kappa shape index (κ1) is 17.9. The van der Waals surface area contributed by atoms with E-state index >= 15 is 0 Å². The fraction of sp³-hybridized carbons (Fsp3) is 0.500. The molecule has 120 valence electrons. The number of nitrogens with zero attached hydrogens (tertiary/aromatic N) is 1. The number of aliphatic hydroxyl groups is 1. The number of rotatable bonds is 7. The lowest BCUT2D eigenvalue weighted by molar-refractivity contribution is 0.273. The summed E-state index contributed by atoms with van der Waals surface area (Å²) in [5.41, 5.74) is 0.343. The van der Waals surface area contributed by atoms with Crippen LogP contribution in [0.2, 0.25) is 0 Å². The van der Waals surface area contributed by atoms with Gasteiger partial charge in [-0.05, 0) is 18.2 Å². The van der Waals surface area contributed by atoms with E-state index in [2.05, 4.69) is 0 Å². The molecule has 0 amide bonds. The third-order valence-electron chi connectivity index (χ3n) is 2.91. The van der Waals surface area contributed by atoms with E-state index in [1.54, 1.807) is 0 Å². The van der Waals surface area contributed by atoms with Gasteiger partial charge in [0.25, 0.3) is 0 Å². The number of sulfone groups is 1. The van der Waals surface area contributed by atoms with Gasteiger partial charge in [-0.25, -0.2) is 16.8 Å². The molecular formula is C12H19NO6S2. The first-order valence-electron chi connectivity index (χ1n) is 6.03. The second kappa shape index (κ2) is 6.73. The van der Waals surface area contributed by atoms with Crippen molar-refractivity contribution in [2.45, 2.75) is 11.5 Å². The summed E-state index contributed by atoms with van der Waals surface area (Å²) < 4.78 is 52.9. The van der Waals surface area contributed by atoms with Crippen molar-refractivity contribution in [3.8, 4) is 5.75 Å². The monoisotopic (exact) mass is 337 g/mol. The Kier molecular flexibility index (Phi) is 5.74. The van der Waals surface area contributed by atoms with Crippen LogP contribution in [-0.4, -0.2) is 59.0 Å². The van der Waals surface area contributed by atoms with Crippen molar-refractivity contribution in [1.29, 1.82) is 0 Å². The minimum atomic E-state index is -3.82. The molecule has 0 atom stereocenters. The van der Waals surface area contributed by atoms with Crippen molar-refractivity contribution in [2.24, 2.45) is 0 Å². The van der Waals surface area contributed by atoms with Crippen molar-refractivity contribution < 1.29 is 26.7 Å². The van der Waals surface area contributed by atoms with Crippen molar-refractivity contribution in [3.05, 3.63) is 23.8 Å². The third kappa shape index (κ3) is 4.67. The highest BCUT2D eigenvalue weighted by molar-refractivity contribution is 7.91. The molecule has 0 fully saturated rings. The highest BCUT2D eigenvalue weighted by Crippen LogP contribution is 2.24. The first-order valence-corrected chi connectivity index (χ1v) is 9.53. The van der Waals surface area contributed by atoms with Crippen LogP contribution in [0.4, 0.5) is 0 Å². The molecule has 7 nitrogen and oxygen atoms in total. The molecule has 0 unspecified atom stereocenters. The first-order chi connectivity index (χ1) is 9.61. The van der Waals surface area contributed by atoms with E-state index < -0.39 is 19.9 Å². The maximum atomic E-state index is 12.3. The van der Waals surface area contributed by atoms with E-state index in [1.165, 1.54) is 32.4 Å².